The molecule has 0 radical (unpaired) electrons. The molecule has 1 aromatic carbocycles. The van der Waals surface area contributed by atoms with E-state index in [0.717, 1.165) is 11.3 Å². The van der Waals surface area contributed by atoms with Crippen molar-refractivity contribution in [2.24, 2.45) is 0 Å². The molecule has 1 aromatic rings. The highest BCUT2D eigenvalue weighted by Gasteiger charge is 2.19. The molecule has 0 unspecified atom stereocenters. The Morgan fingerprint density at radius 2 is 2.00 bits per heavy atom. The van der Waals surface area contributed by atoms with Crippen LogP contribution in [0.3, 0.4) is 0 Å². The lowest BCUT2D eigenvalue weighted by molar-refractivity contribution is 0.0788. The summed E-state index contributed by atoms with van der Waals surface area (Å²) in [6.45, 7) is 3.43. The maximum absolute atomic E-state index is 9.78. The SMILES string of the molecule is CNc1ccc(Cl)c(C(C)(C)O)c1. The molecule has 2 N–H and O–H groups in total. The Morgan fingerprint density at radius 3 is 2.46 bits per heavy atom. The Hall–Kier alpha value is -0.730. The van der Waals surface area contributed by atoms with E-state index in [1.807, 2.05) is 19.2 Å². The van der Waals surface area contributed by atoms with Crippen LogP contribution in [0.4, 0.5) is 5.69 Å². The molecular formula is C10H14ClNO. The lowest BCUT2D eigenvalue weighted by Gasteiger charge is -2.20. The number of halogens is 1. The van der Waals surface area contributed by atoms with Crippen molar-refractivity contribution in [2.45, 2.75) is 19.4 Å². The van der Waals surface area contributed by atoms with Crippen LogP contribution in [0, 0.1) is 0 Å². The topological polar surface area (TPSA) is 32.3 Å². The first-order valence-electron chi connectivity index (χ1n) is 4.15. The predicted molar refractivity (Wildman–Crippen MR) is 56.2 cm³/mol. The van der Waals surface area contributed by atoms with E-state index in [0.29, 0.717) is 5.02 Å². The zero-order valence-corrected chi connectivity index (χ0v) is 8.81. The molecule has 0 amide bonds. The molecule has 72 valence electrons. The second-order valence-corrected chi connectivity index (χ2v) is 3.91. The molecule has 0 saturated carbocycles. The highest BCUT2D eigenvalue weighted by atomic mass is 35.5. The first kappa shape index (κ1) is 10.4. The van der Waals surface area contributed by atoms with Gasteiger partial charge in [0.1, 0.15) is 0 Å². The lowest BCUT2D eigenvalue weighted by Crippen LogP contribution is -2.16. The van der Waals surface area contributed by atoms with Gasteiger partial charge in [-0.25, -0.2) is 0 Å². The molecule has 0 aliphatic carbocycles. The quantitative estimate of drug-likeness (QED) is 0.768. The van der Waals surface area contributed by atoms with Crippen molar-refractivity contribution in [2.75, 3.05) is 12.4 Å². The summed E-state index contributed by atoms with van der Waals surface area (Å²) in [5.41, 5.74) is 0.784. The van der Waals surface area contributed by atoms with E-state index in [2.05, 4.69) is 5.32 Å². The number of hydrogen-bond donors (Lipinski definition) is 2. The van der Waals surface area contributed by atoms with E-state index in [4.69, 9.17) is 11.6 Å². The predicted octanol–water partition coefficient (Wildman–Crippen LogP) is 2.61. The molecule has 3 heteroatoms. The van der Waals surface area contributed by atoms with Crippen molar-refractivity contribution in [3.63, 3.8) is 0 Å². The molecule has 1 rings (SSSR count). The standard InChI is InChI=1S/C10H14ClNO/c1-10(2,13)8-6-7(12-3)4-5-9(8)11/h4-6,12-13H,1-3H3. The van der Waals surface area contributed by atoms with E-state index in [1.54, 1.807) is 19.9 Å². The van der Waals surface area contributed by atoms with Crippen LogP contribution in [0.25, 0.3) is 0 Å². The third-order valence-corrected chi connectivity index (χ3v) is 2.24. The highest BCUT2D eigenvalue weighted by molar-refractivity contribution is 6.31. The van der Waals surface area contributed by atoms with Gasteiger partial charge in [-0.05, 0) is 32.0 Å². The van der Waals surface area contributed by atoms with Crippen molar-refractivity contribution in [1.29, 1.82) is 0 Å². The van der Waals surface area contributed by atoms with Gasteiger partial charge in [-0.1, -0.05) is 11.6 Å². The Labute approximate surface area is 83.5 Å². The largest absolute Gasteiger partial charge is 0.388 e. The molecule has 13 heavy (non-hydrogen) atoms. The van der Waals surface area contributed by atoms with Gasteiger partial charge in [0.25, 0.3) is 0 Å². The molecule has 0 aromatic heterocycles. The minimum atomic E-state index is -0.899. The second kappa shape index (κ2) is 3.56. The van der Waals surface area contributed by atoms with Crippen LogP contribution in [0.1, 0.15) is 19.4 Å². The van der Waals surface area contributed by atoms with Crippen LogP contribution < -0.4 is 5.32 Å². The van der Waals surface area contributed by atoms with Gasteiger partial charge >= 0.3 is 0 Å². The fraction of sp³-hybridized carbons (Fsp3) is 0.400. The average molecular weight is 200 g/mol. The Balaban J connectivity index is 3.19. The molecule has 2 nitrogen and oxygen atoms in total. The Bertz CT molecular complexity index is 304. The summed E-state index contributed by atoms with van der Waals surface area (Å²) in [7, 11) is 1.83. The van der Waals surface area contributed by atoms with Gasteiger partial charge in [-0.15, -0.1) is 0 Å². The van der Waals surface area contributed by atoms with Crippen LogP contribution in [-0.2, 0) is 5.60 Å². The van der Waals surface area contributed by atoms with E-state index >= 15 is 0 Å². The molecule has 0 saturated heterocycles. The summed E-state index contributed by atoms with van der Waals surface area (Å²) in [5, 5.41) is 13.4. The molecule has 0 spiro atoms. The first-order chi connectivity index (χ1) is 5.95. The maximum atomic E-state index is 9.78. The van der Waals surface area contributed by atoms with Gasteiger partial charge in [0.2, 0.25) is 0 Å². The third kappa shape index (κ3) is 2.36. The summed E-state index contributed by atoms with van der Waals surface area (Å²) >= 11 is 5.95. The fourth-order valence-corrected chi connectivity index (χ4v) is 1.50. The third-order valence-electron chi connectivity index (χ3n) is 1.91. The minimum Gasteiger partial charge on any atom is -0.388 e. The minimum absolute atomic E-state index is 0.589. The number of aliphatic hydroxyl groups is 1. The van der Waals surface area contributed by atoms with Gasteiger partial charge in [-0.2, -0.15) is 0 Å². The van der Waals surface area contributed by atoms with Gasteiger partial charge < -0.3 is 10.4 Å². The monoisotopic (exact) mass is 199 g/mol. The van der Waals surface area contributed by atoms with Crippen LogP contribution in [0.5, 0.6) is 0 Å². The van der Waals surface area contributed by atoms with E-state index in [9.17, 15) is 5.11 Å². The highest BCUT2D eigenvalue weighted by Crippen LogP contribution is 2.29. The first-order valence-corrected chi connectivity index (χ1v) is 4.53. The van der Waals surface area contributed by atoms with Crippen molar-refractivity contribution >= 4 is 17.3 Å². The molecule has 0 aliphatic rings. The van der Waals surface area contributed by atoms with Crippen LogP contribution in [-0.4, -0.2) is 12.2 Å². The number of hydrogen-bond acceptors (Lipinski definition) is 2. The average Bonchev–Trinajstić information content (AvgIpc) is 2.03. The normalized spacial score (nSPS) is 11.5. The number of benzene rings is 1. The van der Waals surface area contributed by atoms with Crippen molar-refractivity contribution in [3.05, 3.63) is 28.8 Å². The number of rotatable bonds is 2. The number of anilines is 1. The van der Waals surface area contributed by atoms with Crippen molar-refractivity contribution < 1.29 is 5.11 Å². The number of nitrogens with one attached hydrogen (secondary N) is 1. The van der Waals surface area contributed by atoms with Gasteiger partial charge in [-0.3, -0.25) is 0 Å². The van der Waals surface area contributed by atoms with E-state index in [-0.39, 0.29) is 0 Å². The van der Waals surface area contributed by atoms with E-state index < -0.39 is 5.60 Å². The summed E-state index contributed by atoms with van der Waals surface area (Å²) in [4.78, 5) is 0. The van der Waals surface area contributed by atoms with Crippen LogP contribution >= 0.6 is 11.6 Å². The second-order valence-electron chi connectivity index (χ2n) is 3.50. The van der Waals surface area contributed by atoms with Gasteiger partial charge in [0, 0.05) is 23.3 Å². The van der Waals surface area contributed by atoms with Crippen LogP contribution in [0.2, 0.25) is 5.02 Å². The zero-order valence-electron chi connectivity index (χ0n) is 8.06. The zero-order chi connectivity index (χ0) is 10.1. The summed E-state index contributed by atoms with van der Waals surface area (Å²) in [6, 6.07) is 5.50. The van der Waals surface area contributed by atoms with Crippen LogP contribution in [0.15, 0.2) is 18.2 Å². The van der Waals surface area contributed by atoms with Gasteiger partial charge in [0.05, 0.1) is 5.60 Å². The summed E-state index contributed by atoms with van der Waals surface area (Å²) < 4.78 is 0. The lowest BCUT2D eigenvalue weighted by atomic mass is 9.98. The fourth-order valence-electron chi connectivity index (χ4n) is 1.15. The Kier molecular flexibility index (Phi) is 2.84. The molecule has 0 fully saturated rings. The smallest absolute Gasteiger partial charge is 0.0855 e. The molecule has 0 aliphatic heterocycles. The van der Waals surface area contributed by atoms with E-state index in [1.165, 1.54) is 0 Å². The molecule has 0 heterocycles. The summed E-state index contributed by atoms with van der Waals surface area (Å²) in [5.74, 6) is 0. The van der Waals surface area contributed by atoms with Crippen molar-refractivity contribution in [3.8, 4) is 0 Å². The Morgan fingerprint density at radius 1 is 1.38 bits per heavy atom. The molecular weight excluding hydrogens is 186 g/mol. The molecule has 0 atom stereocenters. The van der Waals surface area contributed by atoms with Crippen molar-refractivity contribution in [1.82, 2.24) is 0 Å². The molecule has 0 bridgehead atoms. The van der Waals surface area contributed by atoms with Gasteiger partial charge in [0.15, 0.2) is 0 Å². The summed E-state index contributed by atoms with van der Waals surface area (Å²) in [6.07, 6.45) is 0. The maximum Gasteiger partial charge on any atom is 0.0855 e.